The zero-order chi connectivity index (χ0) is 12.4. The van der Waals surface area contributed by atoms with Gasteiger partial charge in [0.1, 0.15) is 12.5 Å². The molecule has 90 valence electrons. The molecule has 1 heterocycles. The van der Waals surface area contributed by atoms with Crippen LogP contribution in [0.2, 0.25) is 0 Å². The summed E-state index contributed by atoms with van der Waals surface area (Å²) in [5.74, 6) is -0.701. The maximum atomic E-state index is 12.0. The standard InChI is InChI=1S/C12H14N2O3/c1-8(7-17-9(2)15)14-12(16)10-5-3-4-6-11(10)13-14/h3-6,8,10H,7H2,1-2H3. The van der Waals surface area contributed by atoms with Gasteiger partial charge in [0.25, 0.3) is 5.91 Å². The van der Waals surface area contributed by atoms with Crippen molar-refractivity contribution in [1.82, 2.24) is 5.01 Å². The van der Waals surface area contributed by atoms with E-state index in [2.05, 4.69) is 5.10 Å². The fourth-order valence-corrected chi connectivity index (χ4v) is 1.78. The van der Waals surface area contributed by atoms with E-state index >= 15 is 0 Å². The highest BCUT2D eigenvalue weighted by Crippen LogP contribution is 2.22. The summed E-state index contributed by atoms with van der Waals surface area (Å²) in [5, 5.41) is 5.63. The zero-order valence-corrected chi connectivity index (χ0v) is 9.79. The van der Waals surface area contributed by atoms with Gasteiger partial charge in [0.2, 0.25) is 0 Å². The lowest BCUT2D eigenvalue weighted by Gasteiger charge is -2.20. The van der Waals surface area contributed by atoms with Crippen LogP contribution in [0.3, 0.4) is 0 Å². The van der Waals surface area contributed by atoms with Crippen molar-refractivity contribution in [1.29, 1.82) is 0 Å². The number of ether oxygens (including phenoxy) is 1. The maximum Gasteiger partial charge on any atom is 0.302 e. The van der Waals surface area contributed by atoms with Crippen LogP contribution in [0.4, 0.5) is 0 Å². The van der Waals surface area contributed by atoms with Gasteiger partial charge in [-0.15, -0.1) is 0 Å². The number of fused-ring (bicyclic) bond motifs is 1. The number of nitrogens with zero attached hydrogens (tertiary/aromatic N) is 2. The molecule has 0 bridgehead atoms. The predicted octanol–water partition coefficient (Wildman–Crippen LogP) is 0.878. The first-order valence-electron chi connectivity index (χ1n) is 5.49. The summed E-state index contributed by atoms with van der Waals surface area (Å²) in [6.45, 7) is 3.31. The van der Waals surface area contributed by atoms with E-state index < -0.39 is 0 Å². The minimum absolute atomic E-state index is 0.0692. The Kier molecular flexibility index (Phi) is 3.08. The van der Waals surface area contributed by atoms with Crippen molar-refractivity contribution in [3.8, 4) is 0 Å². The van der Waals surface area contributed by atoms with Gasteiger partial charge < -0.3 is 4.74 Å². The summed E-state index contributed by atoms with van der Waals surface area (Å²) < 4.78 is 4.88. The molecule has 5 heteroatoms. The summed E-state index contributed by atoms with van der Waals surface area (Å²) >= 11 is 0. The Morgan fingerprint density at radius 3 is 3.00 bits per heavy atom. The second-order valence-electron chi connectivity index (χ2n) is 4.08. The van der Waals surface area contributed by atoms with Crippen molar-refractivity contribution in [2.75, 3.05) is 6.61 Å². The molecule has 0 aromatic carbocycles. The number of carbonyl (C=O) groups excluding carboxylic acids is 2. The molecule has 1 aliphatic carbocycles. The minimum atomic E-state index is -0.353. The monoisotopic (exact) mass is 234 g/mol. The van der Waals surface area contributed by atoms with E-state index in [1.165, 1.54) is 11.9 Å². The molecule has 1 aliphatic heterocycles. The predicted molar refractivity (Wildman–Crippen MR) is 62.1 cm³/mol. The molecule has 2 unspecified atom stereocenters. The summed E-state index contributed by atoms with van der Waals surface area (Å²) in [6, 6.07) is -0.244. The van der Waals surface area contributed by atoms with E-state index in [-0.39, 0.29) is 30.4 Å². The Labute approximate surface area is 99.4 Å². The second kappa shape index (κ2) is 4.53. The average molecular weight is 234 g/mol. The largest absolute Gasteiger partial charge is 0.464 e. The third-order valence-corrected chi connectivity index (χ3v) is 2.66. The maximum absolute atomic E-state index is 12.0. The minimum Gasteiger partial charge on any atom is -0.464 e. The van der Waals surface area contributed by atoms with Crippen LogP contribution in [0.15, 0.2) is 29.4 Å². The molecular weight excluding hydrogens is 220 g/mol. The molecule has 0 aromatic heterocycles. The van der Waals surface area contributed by atoms with Gasteiger partial charge in [-0.2, -0.15) is 5.10 Å². The molecule has 0 saturated carbocycles. The summed E-state index contributed by atoms with van der Waals surface area (Å²) in [5.41, 5.74) is 0.743. The molecule has 1 amide bonds. The molecule has 5 nitrogen and oxygen atoms in total. The normalized spacial score (nSPS) is 23.4. The van der Waals surface area contributed by atoms with Gasteiger partial charge in [-0.25, -0.2) is 5.01 Å². The fourth-order valence-electron chi connectivity index (χ4n) is 1.78. The van der Waals surface area contributed by atoms with Crippen LogP contribution < -0.4 is 0 Å². The summed E-state index contributed by atoms with van der Waals surface area (Å²) in [6.07, 6.45) is 7.32. The molecule has 17 heavy (non-hydrogen) atoms. The number of carbonyl (C=O) groups is 2. The summed E-state index contributed by atoms with van der Waals surface area (Å²) in [4.78, 5) is 22.7. The highest BCUT2D eigenvalue weighted by atomic mass is 16.5. The number of hydrazone groups is 1. The van der Waals surface area contributed by atoms with Crippen molar-refractivity contribution in [3.63, 3.8) is 0 Å². The number of rotatable bonds is 3. The fraction of sp³-hybridized carbons (Fsp3) is 0.417. The molecule has 0 N–H and O–H groups in total. The van der Waals surface area contributed by atoms with E-state index in [0.717, 1.165) is 5.71 Å². The lowest BCUT2D eigenvalue weighted by atomic mass is 9.99. The van der Waals surface area contributed by atoms with Crippen LogP contribution in [0.25, 0.3) is 0 Å². The Morgan fingerprint density at radius 1 is 1.59 bits per heavy atom. The molecule has 0 spiro atoms. The van der Waals surface area contributed by atoms with Gasteiger partial charge in [0, 0.05) is 6.92 Å². The van der Waals surface area contributed by atoms with Gasteiger partial charge in [0.15, 0.2) is 0 Å². The van der Waals surface area contributed by atoms with Crippen LogP contribution >= 0.6 is 0 Å². The number of amides is 1. The van der Waals surface area contributed by atoms with Gasteiger partial charge >= 0.3 is 5.97 Å². The van der Waals surface area contributed by atoms with E-state index in [1.54, 1.807) is 6.92 Å². The first-order valence-corrected chi connectivity index (χ1v) is 5.49. The van der Waals surface area contributed by atoms with Crippen LogP contribution in [-0.2, 0) is 14.3 Å². The lowest BCUT2D eigenvalue weighted by Crippen LogP contribution is -2.37. The molecule has 2 atom stereocenters. The van der Waals surface area contributed by atoms with Crippen LogP contribution in [0.1, 0.15) is 13.8 Å². The van der Waals surface area contributed by atoms with Crippen molar-refractivity contribution in [2.24, 2.45) is 11.0 Å². The van der Waals surface area contributed by atoms with Crippen molar-refractivity contribution in [2.45, 2.75) is 19.9 Å². The Bertz CT molecular complexity index is 437. The molecule has 0 radical (unpaired) electrons. The van der Waals surface area contributed by atoms with E-state index in [9.17, 15) is 9.59 Å². The first-order chi connectivity index (χ1) is 8.09. The van der Waals surface area contributed by atoms with Gasteiger partial charge in [-0.05, 0) is 13.0 Å². The third kappa shape index (κ3) is 2.27. The van der Waals surface area contributed by atoms with Gasteiger partial charge in [0.05, 0.1) is 11.8 Å². The third-order valence-electron chi connectivity index (χ3n) is 2.66. The lowest BCUT2D eigenvalue weighted by molar-refractivity contribution is -0.145. The van der Waals surface area contributed by atoms with Crippen LogP contribution in [0, 0.1) is 5.92 Å². The smallest absolute Gasteiger partial charge is 0.302 e. The molecule has 0 aromatic rings. The first kappa shape index (κ1) is 11.6. The molecule has 2 aliphatic rings. The number of hydrogen-bond acceptors (Lipinski definition) is 4. The number of allylic oxidation sites excluding steroid dienone is 3. The Hall–Kier alpha value is -1.91. The van der Waals surface area contributed by atoms with E-state index in [4.69, 9.17) is 4.74 Å². The van der Waals surface area contributed by atoms with Crippen molar-refractivity contribution in [3.05, 3.63) is 24.3 Å². The van der Waals surface area contributed by atoms with Gasteiger partial charge in [-0.3, -0.25) is 9.59 Å². The quantitative estimate of drug-likeness (QED) is 0.681. The van der Waals surface area contributed by atoms with Crippen molar-refractivity contribution >= 4 is 17.6 Å². The Balaban J connectivity index is 2.05. The SMILES string of the molecule is CC(=O)OCC(C)N1N=C2C=CC=CC2C1=O. The highest BCUT2D eigenvalue weighted by molar-refractivity contribution is 6.15. The average Bonchev–Trinajstić information content (AvgIpc) is 2.64. The number of hydrogen-bond donors (Lipinski definition) is 0. The van der Waals surface area contributed by atoms with E-state index in [0.29, 0.717) is 0 Å². The molecule has 2 rings (SSSR count). The topological polar surface area (TPSA) is 59.0 Å². The molecule has 0 saturated heterocycles. The van der Waals surface area contributed by atoms with E-state index in [1.807, 2.05) is 24.3 Å². The van der Waals surface area contributed by atoms with Crippen LogP contribution in [0.5, 0.6) is 0 Å². The number of esters is 1. The molecular formula is C12H14N2O3. The summed E-state index contributed by atoms with van der Waals surface area (Å²) in [7, 11) is 0. The highest BCUT2D eigenvalue weighted by Gasteiger charge is 2.36. The van der Waals surface area contributed by atoms with Crippen LogP contribution in [-0.4, -0.2) is 35.2 Å². The van der Waals surface area contributed by atoms with Gasteiger partial charge in [-0.1, -0.05) is 18.2 Å². The zero-order valence-electron chi connectivity index (χ0n) is 9.79. The van der Waals surface area contributed by atoms with Crippen molar-refractivity contribution < 1.29 is 14.3 Å². The Morgan fingerprint density at radius 2 is 2.35 bits per heavy atom. The second-order valence-corrected chi connectivity index (χ2v) is 4.08. The molecule has 0 fully saturated rings.